The van der Waals surface area contributed by atoms with E-state index in [9.17, 15) is 4.39 Å². The van der Waals surface area contributed by atoms with Crippen molar-refractivity contribution in [2.24, 2.45) is 0 Å². The Labute approximate surface area is 72.1 Å². The summed E-state index contributed by atoms with van der Waals surface area (Å²) in [6.45, 7) is 1.71. The zero-order chi connectivity index (χ0) is 8.72. The van der Waals surface area contributed by atoms with Crippen molar-refractivity contribution in [3.05, 3.63) is 22.7 Å². The van der Waals surface area contributed by atoms with Crippen LogP contribution >= 0.6 is 11.6 Å². The molecule has 2 aromatic heterocycles. The third-order valence-corrected chi connectivity index (χ3v) is 1.82. The fourth-order valence-corrected chi connectivity index (χ4v) is 1.07. The molecule has 62 valence electrons. The van der Waals surface area contributed by atoms with Gasteiger partial charge in [0.25, 0.3) is 5.71 Å². The van der Waals surface area contributed by atoms with Crippen LogP contribution in [0.25, 0.3) is 11.1 Å². The van der Waals surface area contributed by atoms with Gasteiger partial charge >= 0.3 is 0 Å². The van der Waals surface area contributed by atoms with Crippen LogP contribution in [-0.2, 0) is 0 Å². The molecule has 2 heterocycles. The van der Waals surface area contributed by atoms with Crippen molar-refractivity contribution >= 4 is 22.7 Å². The van der Waals surface area contributed by atoms with Crippen LogP contribution in [0.3, 0.4) is 0 Å². The van der Waals surface area contributed by atoms with Crippen molar-refractivity contribution in [1.29, 1.82) is 0 Å². The summed E-state index contributed by atoms with van der Waals surface area (Å²) in [5, 5.41) is 3.97. The van der Waals surface area contributed by atoms with E-state index in [1.807, 2.05) is 0 Å². The SMILES string of the molecule is Cc1noc2nc(Cl)c(F)cc12. The van der Waals surface area contributed by atoms with Gasteiger partial charge in [0, 0.05) is 0 Å². The molecular formula is C7H4ClFN2O. The highest BCUT2D eigenvalue weighted by Gasteiger charge is 2.09. The minimum atomic E-state index is -0.560. The topological polar surface area (TPSA) is 38.9 Å². The third kappa shape index (κ3) is 0.956. The lowest BCUT2D eigenvalue weighted by Crippen LogP contribution is -1.82. The fourth-order valence-electron chi connectivity index (χ4n) is 0.940. The number of rotatable bonds is 0. The first-order valence-corrected chi connectivity index (χ1v) is 3.64. The maximum absolute atomic E-state index is 12.8. The van der Waals surface area contributed by atoms with E-state index in [2.05, 4.69) is 10.1 Å². The van der Waals surface area contributed by atoms with Gasteiger partial charge in [-0.25, -0.2) is 4.39 Å². The molecule has 0 aliphatic heterocycles. The van der Waals surface area contributed by atoms with Crippen LogP contribution in [0.1, 0.15) is 5.69 Å². The largest absolute Gasteiger partial charge is 0.335 e. The summed E-state index contributed by atoms with van der Waals surface area (Å²) in [6, 6.07) is 1.26. The Morgan fingerprint density at radius 2 is 2.33 bits per heavy atom. The van der Waals surface area contributed by atoms with E-state index in [0.29, 0.717) is 11.1 Å². The number of pyridine rings is 1. The van der Waals surface area contributed by atoms with Crippen LogP contribution < -0.4 is 0 Å². The first-order chi connectivity index (χ1) is 5.68. The van der Waals surface area contributed by atoms with E-state index in [0.717, 1.165) is 0 Å². The van der Waals surface area contributed by atoms with Crippen molar-refractivity contribution < 1.29 is 8.91 Å². The molecule has 0 aliphatic carbocycles. The van der Waals surface area contributed by atoms with Gasteiger partial charge in [0.05, 0.1) is 11.1 Å². The molecule has 0 aliphatic rings. The highest BCUT2D eigenvalue weighted by Crippen LogP contribution is 2.21. The van der Waals surface area contributed by atoms with Gasteiger partial charge in [0.2, 0.25) is 0 Å². The average molecular weight is 187 g/mol. The Kier molecular flexibility index (Phi) is 1.51. The van der Waals surface area contributed by atoms with E-state index in [1.165, 1.54) is 6.07 Å². The number of hydrogen-bond donors (Lipinski definition) is 0. The van der Waals surface area contributed by atoms with Gasteiger partial charge < -0.3 is 4.52 Å². The average Bonchev–Trinajstić information content (AvgIpc) is 2.35. The summed E-state index contributed by atoms with van der Waals surface area (Å²) < 4.78 is 17.6. The number of nitrogens with zero attached hydrogens (tertiary/aromatic N) is 2. The minimum Gasteiger partial charge on any atom is -0.335 e. The summed E-state index contributed by atoms with van der Waals surface area (Å²) in [4.78, 5) is 3.66. The lowest BCUT2D eigenvalue weighted by Gasteiger charge is -1.90. The number of fused-ring (bicyclic) bond motifs is 1. The van der Waals surface area contributed by atoms with Crippen LogP contribution in [0.2, 0.25) is 5.15 Å². The fraction of sp³-hybridized carbons (Fsp3) is 0.143. The van der Waals surface area contributed by atoms with Crippen molar-refractivity contribution in [3.8, 4) is 0 Å². The third-order valence-electron chi connectivity index (χ3n) is 1.56. The van der Waals surface area contributed by atoms with Gasteiger partial charge in [-0.05, 0) is 13.0 Å². The second-order valence-corrected chi connectivity index (χ2v) is 2.74. The highest BCUT2D eigenvalue weighted by atomic mass is 35.5. The Morgan fingerprint density at radius 3 is 3.08 bits per heavy atom. The summed E-state index contributed by atoms with van der Waals surface area (Å²) >= 11 is 5.42. The van der Waals surface area contributed by atoms with Crippen LogP contribution in [0.4, 0.5) is 4.39 Å². The predicted molar refractivity (Wildman–Crippen MR) is 41.5 cm³/mol. The zero-order valence-electron chi connectivity index (χ0n) is 6.14. The molecule has 0 bridgehead atoms. The molecule has 12 heavy (non-hydrogen) atoms. The first kappa shape index (κ1) is 7.49. The number of hydrogen-bond acceptors (Lipinski definition) is 3. The van der Waals surface area contributed by atoms with E-state index in [4.69, 9.17) is 16.1 Å². The van der Waals surface area contributed by atoms with Crippen LogP contribution in [-0.4, -0.2) is 10.1 Å². The first-order valence-electron chi connectivity index (χ1n) is 3.26. The second kappa shape index (κ2) is 2.42. The van der Waals surface area contributed by atoms with E-state index in [1.54, 1.807) is 6.92 Å². The van der Waals surface area contributed by atoms with E-state index in [-0.39, 0.29) is 10.9 Å². The molecule has 2 aromatic rings. The molecule has 0 spiro atoms. The van der Waals surface area contributed by atoms with Crippen molar-refractivity contribution in [3.63, 3.8) is 0 Å². The molecule has 0 unspecified atom stereocenters. The molecule has 0 N–H and O–H groups in total. The van der Waals surface area contributed by atoms with Crippen molar-refractivity contribution in [2.45, 2.75) is 6.92 Å². The Bertz CT molecular complexity index is 440. The van der Waals surface area contributed by atoms with Crippen LogP contribution in [0, 0.1) is 12.7 Å². The highest BCUT2D eigenvalue weighted by molar-refractivity contribution is 6.29. The quantitative estimate of drug-likeness (QED) is 0.593. The predicted octanol–water partition coefficient (Wildman–Crippen LogP) is 2.32. The Hall–Kier alpha value is -1.16. The Morgan fingerprint density at radius 1 is 1.58 bits per heavy atom. The zero-order valence-corrected chi connectivity index (χ0v) is 6.89. The molecule has 0 fully saturated rings. The lowest BCUT2D eigenvalue weighted by molar-refractivity contribution is 0.442. The van der Waals surface area contributed by atoms with Crippen LogP contribution in [0.15, 0.2) is 10.6 Å². The monoisotopic (exact) mass is 186 g/mol. The molecule has 3 nitrogen and oxygen atoms in total. The van der Waals surface area contributed by atoms with Crippen molar-refractivity contribution in [1.82, 2.24) is 10.1 Å². The summed E-state index contributed by atoms with van der Waals surface area (Å²) in [5.74, 6) is -0.560. The van der Waals surface area contributed by atoms with Crippen LogP contribution in [0.5, 0.6) is 0 Å². The van der Waals surface area contributed by atoms with E-state index < -0.39 is 5.82 Å². The lowest BCUT2D eigenvalue weighted by atomic mass is 10.3. The molecular weight excluding hydrogens is 183 g/mol. The smallest absolute Gasteiger partial charge is 0.259 e. The molecule has 2 rings (SSSR count). The number of aryl methyl sites for hydroxylation is 1. The van der Waals surface area contributed by atoms with Gasteiger partial charge in [-0.15, -0.1) is 0 Å². The maximum atomic E-state index is 12.8. The maximum Gasteiger partial charge on any atom is 0.259 e. The molecule has 0 radical (unpaired) electrons. The summed E-state index contributed by atoms with van der Waals surface area (Å²) in [6.07, 6.45) is 0. The molecule has 0 saturated heterocycles. The number of halogens is 2. The standard InChI is InChI=1S/C7H4ClFN2O/c1-3-4-2-5(9)6(8)10-7(4)12-11-3/h2H,1H3. The normalized spacial score (nSPS) is 10.9. The second-order valence-electron chi connectivity index (χ2n) is 2.38. The van der Waals surface area contributed by atoms with Gasteiger partial charge in [-0.2, -0.15) is 4.98 Å². The molecule has 0 amide bonds. The summed E-state index contributed by atoms with van der Waals surface area (Å²) in [7, 11) is 0. The molecule has 5 heteroatoms. The molecule has 0 atom stereocenters. The Balaban J connectivity index is 2.87. The molecule has 0 saturated carbocycles. The van der Waals surface area contributed by atoms with Crippen molar-refractivity contribution in [2.75, 3.05) is 0 Å². The van der Waals surface area contributed by atoms with Gasteiger partial charge in [0.1, 0.15) is 0 Å². The molecule has 0 aromatic carbocycles. The van der Waals surface area contributed by atoms with Gasteiger partial charge in [-0.1, -0.05) is 16.8 Å². The van der Waals surface area contributed by atoms with Gasteiger partial charge in [0.15, 0.2) is 11.0 Å². The number of aromatic nitrogens is 2. The summed E-state index contributed by atoms with van der Waals surface area (Å²) in [5.41, 5.74) is 0.868. The van der Waals surface area contributed by atoms with Gasteiger partial charge in [-0.3, -0.25) is 0 Å². The minimum absolute atomic E-state index is 0.196. The van der Waals surface area contributed by atoms with E-state index >= 15 is 0 Å².